The van der Waals surface area contributed by atoms with Crippen molar-refractivity contribution in [1.82, 2.24) is 14.6 Å². The molecular formula is C16H14N4OS. The van der Waals surface area contributed by atoms with Gasteiger partial charge in [0.05, 0.1) is 6.61 Å². The molecule has 6 heteroatoms. The lowest BCUT2D eigenvalue weighted by Crippen LogP contribution is -1.93. The van der Waals surface area contributed by atoms with E-state index in [1.807, 2.05) is 31.2 Å². The van der Waals surface area contributed by atoms with Gasteiger partial charge in [0.2, 0.25) is 4.96 Å². The fourth-order valence-corrected chi connectivity index (χ4v) is 3.50. The summed E-state index contributed by atoms with van der Waals surface area (Å²) < 4.78 is 7.13. The molecule has 2 heterocycles. The van der Waals surface area contributed by atoms with Gasteiger partial charge in [0, 0.05) is 11.5 Å². The van der Waals surface area contributed by atoms with Gasteiger partial charge in [-0.2, -0.15) is 14.9 Å². The van der Waals surface area contributed by atoms with Crippen LogP contribution in [0.5, 0.6) is 5.75 Å². The molecule has 5 nitrogen and oxygen atoms in total. The van der Waals surface area contributed by atoms with Crippen molar-refractivity contribution in [2.24, 2.45) is 0 Å². The SMILES string of the molecule is CCOc1ccc(-c2nc3sc(C4CC4)nn3c2C#N)cc1. The molecule has 0 amide bonds. The third-order valence-electron chi connectivity index (χ3n) is 3.69. The molecular weight excluding hydrogens is 296 g/mol. The Kier molecular flexibility index (Phi) is 3.09. The molecule has 0 saturated heterocycles. The Morgan fingerprint density at radius 1 is 1.36 bits per heavy atom. The van der Waals surface area contributed by atoms with Crippen LogP contribution in [0, 0.1) is 11.3 Å². The molecule has 22 heavy (non-hydrogen) atoms. The first-order chi connectivity index (χ1) is 10.8. The van der Waals surface area contributed by atoms with Gasteiger partial charge in [-0.05, 0) is 44.0 Å². The number of hydrogen-bond acceptors (Lipinski definition) is 5. The van der Waals surface area contributed by atoms with Crippen LogP contribution in [0.4, 0.5) is 0 Å². The first-order valence-corrected chi connectivity index (χ1v) is 8.14. The number of imidazole rings is 1. The summed E-state index contributed by atoms with van der Waals surface area (Å²) in [7, 11) is 0. The van der Waals surface area contributed by atoms with Gasteiger partial charge in [-0.1, -0.05) is 11.3 Å². The van der Waals surface area contributed by atoms with E-state index < -0.39 is 0 Å². The van der Waals surface area contributed by atoms with Gasteiger partial charge in [0.15, 0.2) is 5.69 Å². The molecule has 0 radical (unpaired) electrons. The average molecular weight is 310 g/mol. The first kappa shape index (κ1) is 13.3. The number of nitrogens with zero attached hydrogens (tertiary/aromatic N) is 4. The van der Waals surface area contributed by atoms with E-state index in [1.54, 1.807) is 15.9 Å². The van der Waals surface area contributed by atoms with Crippen molar-refractivity contribution < 1.29 is 4.74 Å². The standard InChI is InChI=1S/C16H14N4OS/c1-2-21-12-7-5-10(6-8-12)14-13(9-17)20-16(18-14)22-15(19-20)11-3-4-11/h5-8,11H,2-4H2,1H3. The lowest BCUT2D eigenvalue weighted by atomic mass is 10.1. The summed E-state index contributed by atoms with van der Waals surface area (Å²) in [6.07, 6.45) is 2.40. The predicted molar refractivity (Wildman–Crippen MR) is 84.2 cm³/mol. The highest BCUT2D eigenvalue weighted by atomic mass is 32.1. The van der Waals surface area contributed by atoms with Crippen molar-refractivity contribution >= 4 is 16.3 Å². The van der Waals surface area contributed by atoms with E-state index in [4.69, 9.17) is 4.74 Å². The van der Waals surface area contributed by atoms with Gasteiger partial charge in [0.1, 0.15) is 22.5 Å². The Hall–Kier alpha value is -2.39. The molecule has 4 rings (SSSR count). The normalized spacial score (nSPS) is 14.2. The average Bonchev–Trinajstić information content (AvgIpc) is 3.21. The lowest BCUT2D eigenvalue weighted by molar-refractivity contribution is 0.340. The lowest BCUT2D eigenvalue weighted by Gasteiger charge is -2.03. The maximum absolute atomic E-state index is 9.50. The van der Waals surface area contributed by atoms with E-state index in [-0.39, 0.29) is 0 Å². The Morgan fingerprint density at radius 3 is 2.77 bits per heavy atom. The van der Waals surface area contributed by atoms with Crippen LogP contribution in [-0.4, -0.2) is 21.2 Å². The van der Waals surface area contributed by atoms with Crippen molar-refractivity contribution in [1.29, 1.82) is 5.26 Å². The molecule has 0 unspecified atom stereocenters. The molecule has 0 bridgehead atoms. The van der Waals surface area contributed by atoms with E-state index in [0.717, 1.165) is 21.3 Å². The molecule has 0 N–H and O–H groups in total. The highest BCUT2D eigenvalue weighted by Gasteiger charge is 2.29. The molecule has 110 valence electrons. The van der Waals surface area contributed by atoms with Crippen molar-refractivity contribution in [3.05, 3.63) is 35.0 Å². The highest BCUT2D eigenvalue weighted by Crippen LogP contribution is 2.42. The number of hydrogen-bond donors (Lipinski definition) is 0. The summed E-state index contributed by atoms with van der Waals surface area (Å²) in [5, 5.41) is 15.2. The van der Waals surface area contributed by atoms with E-state index in [0.29, 0.717) is 23.9 Å². The summed E-state index contributed by atoms with van der Waals surface area (Å²) in [5.74, 6) is 1.40. The van der Waals surface area contributed by atoms with Gasteiger partial charge in [0.25, 0.3) is 0 Å². The minimum Gasteiger partial charge on any atom is -0.494 e. The summed E-state index contributed by atoms with van der Waals surface area (Å²) >= 11 is 1.59. The summed E-state index contributed by atoms with van der Waals surface area (Å²) in [6.45, 7) is 2.59. The summed E-state index contributed by atoms with van der Waals surface area (Å²) in [4.78, 5) is 5.41. The number of rotatable bonds is 4. The summed E-state index contributed by atoms with van der Waals surface area (Å²) in [6, 6.07) is 9.90. The molecule has 0 spiro atoms. The Morgan fingerprint density at radius 2 is 2.14 bits per heavy atom. The van der Waals surface area contributed by atoms with Crippen molar-refractivity contribution in [2.45, 2.75) is 25.7 Å². The van der Waals surface area contributed by atoms with Crippen LogP contribution in [0.2, 0.25) is 0 Å². The van der Waals surface area contributed by atoms with E-state index >= 15 is 0 Å². The van der Waals surface area contributed by atoms with Gasteiger partial charge < -0.3 is 4.74 Å². The number of fused-ring (bicyclic) bond motifs is 1. The number of ether oxygens (including phenoxy) is 1. The molecule has 1 saturated carbocycles. The second-order valence-corrected chi connectivity index (χ2v) is 6.27. The fraction of sp³-hybridized carbons (Fsp3) is 0.312. The van der Waals surface area contributed by atoms with Crippen LogP contribution < -0.4 is 4.74 Å². The Balaban J connectivity index is 1.77. The molecule has 1 aliphatic rings. The molecule has 0 aliphatic heterocycles. The molecule has 1 aliphatic carbocycles. The number of benzene rings is 1. The Bertz CT molecular complexity index is 868. The van der Waals surface area contributed by atoms with Crippen LogP contribution in [0.25, 0.3) is 16.2 Å². The quantitative estimate of drug-likeness (QED) is 0.738. The fourth-order valence-electron chi connectivity index (χ4n) is 2.44. The zero-order chi connectivity index (χ0) is 15.1. The predicted octanol–water partition coefficient (Wildman–Crippen LogP) is 3.61. The van der Waals surface area contributed by atoms with Gasteiger partial charge in [-0.3, -0.25) is 0 Å². The highest BCUT2D eigenvalue weighted by molar-refractivity contribution is 7.16. The van der Waals surface area contributed by atoms with Crippen LogP contribution in [-0.2, 0) is 0 Å². The minimum atomic E-state index is 0.502. The van der Waals surface area contributed by atoms with Crippen LogP contribution >= 0.6 is 11.3 Å². The van der Waals surface area contributed by atoms with E-state index in [9.17, 15) is 5.26 Å². The van der Waals surface area contributed by atoms with Gasteiger partial charge >= 0.3 is 0 Å². The largest absolute Gasteiger partial charge is 0.494 e. The second kappa shape index (κ2) is 5.11. The minimum absolute atomic E-state index is 0.502. The van der Waals surface area contributed by atoms with Gasteiger partial charge in [-0.25, -0.2) is 4.98 Å². The van der Waals surface area contributed by atoms with Crippen LogP contribution in [0.1, 0.15) is 36.4 Å². The monoisotopic (exact) mass is 310 g/mol. The zero-order valence-electron chi connectivity index (χ0n) is 12.1. The number of nitriles is 1. The van der Waals surface area contributed by atoms with Crippen molar-refractivity contribution in [2.75, 3.05) is 6.61 Å². The number of aromatic nitrogens is 3. The molecule has 1 aromatic carbocycles. The maximum atomic E-state index is 9.50. The third-order valence-corrected chi connectivity index (χ3v) is 4.76. The third kappa shape index (κ3) is 2.14. The summed E-state index contributed by atoms with van der Waals surface area (Å²) in [5.41, 5.74) is 2.10. The topological polar surface area (TPSA) is 63.2 Å². The van der Waals surface area contributed by atoms with Crippen LogP contribution in [0.15, 0.2) is 24.3 Å². The smallest absolute Gasteiger partial charge is 0.214 e. The molecule has 3 aromatic rings. The van der Waals surface area contributed by atoms with Gasteiger partial charge in [-0.15, -0.1) is 0 Å². The Labute approximate surface area is 131 Å². The molecule has 1 fully saturated rings. The van der Waals surface area contributed by atoms with Crippen molar-refractivity contribution in [3.63, 3.8) is 0 Å². The van der Waals surface area contributed by atoms with E-state index in [2.05, 4.69) is 16.2 Å². The van der Waals surface area contributed by atoms with E-state index in [1.165, 1.54) is 12.8 Å². The zero-order valence-corrected chi connectivity index (χ0v) is 12.9. The molecule has 2 aromatic heterocycles. The maximum Gasteiger partial charge on any atom is 0.214 e. The second-order valence-electron chi connectivity index (χ2n) is 5.29. The van der Waals surface area contributed by atoms with Crippen molar-refractivity contribution in [3.8, 4) is 23.1 Å². The molecule has 0 atom stereocenters. The van der Waals surface area contributed by atoms with Crippen LogP contribution in [0.3, 0.4) is 0 Å². The first-order valence-electron chi connectivity index (χ1n) is 7.33.